The number of benzene rings is 1. The number of halogens is 1. The van der Waals surface area contributed by atoms with E-state index in [4.69, 9.17) is 16.0 Å². The fourth-order valence-electron chi connectivity index (χ4n) is 2.20. The van der Waals surface area contributed by atoms with Crippen molar-refractivity contribution in [3.05, 3.63) is 35.2 Å². The predicted molar refractivity (Wildman–Crippen MR) is 78.1 cm³/mol. The van der Waals surface area contributed by atoms with Crippen molar-refractivity contribution in [2.45, 2.75) is 0 Å². The standard InChI is InChI=1S/C14H15ClN4O2/c1-18-6-8-19(9-7-18)14(20)13-17-16-12(21-13)10-4-2-3-5-11(10)15/h2-5H,6-9H2,1H3. The molecule has 2 aromatic rings. The van der Waals surface area contributed by atoms with E-state index in [1.165, 1.54) is 0 Å². The molecule has 1 amide bonds. The molecule has 0 N–H and O–H groups in total. The summed E-state index contributed by atoms with van der Waals surface area (Å²) in [5, 5.41) is 8.28. The van der Waals surface area contributed by atoms with Gasteiger partial charge in [-0.2, -0.15) is 0 Å². The summed E-state index contributed by atoms with van der Waals surface area (Å²) in [5.41, 5.74) is 0.629. The molecule has 0 spiro atoms. The molecule has 0 aliphatic carbocycles. The summed E-state index contributed by atoms with van der Waals surface area (Å²) in [6.45, 7) is 3.02. The van der Waals surface area contributed by atoms with Crippen LogP contribution in [0.15, 0.2) is 28.7 Å². The van der Waals surface area contributed by atoms with Crippen molar-refractivity contribution in [1.29, 1.82) is 0 Å². The van der Waals surface area contributed by atoms with Crippen LogP contribution in [0.25, 0.3) is 11.5 Å². The molecule has 0 atom stereocenters. The molecule has 3 rings (SSSR count). The van der Waals surface area contributed by atoms with Crippen LogP contribution in [0, 0.1) is 0 Å². The number of carbonyl (C=O) groups excluding carboxylic acids is 1. The number of piperazine rings is 1. The third-order valence-electron chi connectivity index (χ3n) is 3.50. The molecule has 0 unspecified atom stereocenters. The van der Waals surface area contributed by atoms with Gasteiger partial charge in [0.15, 0.2) is 0 Å². The summed E-state index contributed by atoms with van der Waals surface area (Å²) in [4.78, 5) is 16.2. The summed E-state index contributed by atoms with van der Waals surface area (Å²) in [6.07, 6.45) is 0. The van der Waals surface area contributed by atoms with E-state index in [0.717, 1.165) is 13.1 Å². The number of likely N-dealkylation sites (N-methyl/N-ethyl adjacent to an activating group) is 1. The average Bonchev–Trinajstić information content (AvgIpc) is 2.97. The molecule has 1 fully saturated rings. The van der Waals surface area contributed by atoms with Gasteiger partial charge in [-0.1, -0.05) is 23.7 Å². The smallest absolute Gasteiger partial charge is 0.311 e. The molecule has 7 heteroatoms. The third-order valence-corrected chi connectivity index (χ3v) is 3.83. The van der Waals surface area contributed by atoms with Gasteiger partial charge in [0.1, 0.15) is 0 Å². The molecule has 2 heterocycles. The summed E-state index contributed by atoms with van der Waals surface area (Å²) < 4.78 is 5.48. The number of nitrogens with zero attached hydrogens (tertiary/aromatic N) is 4. The highest BCUT2D eigenvalue weighted by Gasteiger charge is 2.25. The maximum Gasteiger partial charge on any atom is 0.311 e. The minimum Gasteiger partial charge on any atom is -0.412 e. The van der Waals surface area contributed by atoms with E-state index in [1.807, 2.05) is 19.2 Å². The van der Waals surface area contributed by atoms with Crippen LogP contribution in [-0.4, -0.2) is 59.1 Å². The Morgan fingerprint density at radius 2 is 1.90 bits per heavy atom. The fourth-order valence-corrected chi connectivity index (χ4v) is 2.41. The maximum absolute atomic E-state index is 12.3. The van der Waals surface area contributed by atoms with Crippen LogP contribution in [-0.2, 0) is 0 Å². The highest BCUT2D eigenvalue weighted by molar-refractivity contribution is 6.33. The minimum atomic E-state index is -0.228. The monoisotopic (exact) mass is 306 g/mol. The number of amides is 1. The Balaban J connectivity index is 1.79. The summed E-state index contributed by atoms with van der Waals surface area (Å²) in [6, 6.07) is 7.16. The molecule has 1 aliphatic rings. The molecular formula is C14H15ClN4O2. The number of hydrogen-bond acceptors (Lipinski definition) is 5. The maximum atomic E-state index is 12.3. The van der Waals surface area contributed by atoms with Crippen LogP contribution in [0.3, 0.4) is 0 Å². The Kier molecular flexibility index (Phi) is 3.90. The van der Waals surface area contributed by atoms with Gasteiger partial charge in [0, 0.05) is 26.2 Å². The molecule has 1 saturated heterocycles. The Labute approximate surface area is 127 Å². The zero-order valence-electron chi connectivity index (χ0n) is 11.6. The molecule has 0 bridgehead atoms. The first-order valence-electron chi connectivity index (χ1n) is 6.71. The normalized spacial score (nSPS) is 16.2. The van der Waals surface area contributed by atoms with Crippen molar-refractivity contribution < 1.29 is 9.21 Å². The van der Waals surface area contributed by atoms with Gasteiger partial charge < -0.3 is 14.2 Å². The van der Waals surface area contributed by atoms with Gasteiger partial charge in [0.05, 0.1) is 10.6 Å². The van der Waals surface area contributed by atoms with Crippen LogP contribution < -0.4 is 0 Å². The van der Waals surface area contributed by atoms with E-state index in [2.05, 4.69) is 15.1 Å². The summed E-state index contributed by atoms with van der Waals surface area (Å²) >= 11 is 6.08. The van der Waals surface area contributed by atoms with Gasteiger partial charge in [0.25, 0.3) is 0 Å². The lowest BCUT2D eigenvalue weighted by molar-refractivity contribution is 0.0625. The van der Waals surface area contributed by atoms with E-state index in [-0.39, 0.29) is 17.7 Å². The zero-order chi connectivity index (χ0) is 14.8. The van der Waals surface area contributed by atoms with Crippen molar-refractivity contribution in [2.75, 3.05) is 33.2 Å². The summed E-state index contributed by atoms with van der Waals surface area (Å²) in [5.74, 6) is 0.0430. The van der Waals surface area contributed by atoms with Crippen LogP contribution in [0.2, 0.25) is 5.02 Å². The van der Waals surface area contributed by atoms with Crippen LogP contribution in [0.5, 0.6) is 0 Å². The lowest BCUT2D eigenvalue weighted by atomic mass is 10.2. The number of carbonyl (C=O) groups is 1. The Hall–Kier alpha value is -1.92. The second kappa shape index (κ2) is 5.83. The molecule has 6 nitrogen and oxygen atoms in total. The van der Waals surface area contributed by atoms with Gasteiger partial charge in [-0.25, -0.2) is 0 Å². The molecule has 1 aliphatic heterocycles. The molecule has 21 heavy (non-hydrogen) atoms. The van der Waals surface area contributed by atoms with Crippen LogP contribution >= 0.6 is 11.6 Å². The Morgan fingerprint density at radius 1 is 1.19 bits per heavy atom. The van der Waals surface area contributed by atoms with Gasteiger partial charge in [-0.3, -0.25) is 4.79 Å². The Bertz CT molecular complexity index is 650. The predicted octanol–water partition coefficient (Wildman–Crippen LogP) is 1.78. The van der Waals surface area contributed by atoms with Crippen molar-refractivity contribution in [3.63, 3.8) is 0 Å². The van der Waals surface area contributed by atoms with Gasteiger partial charge in [-0.15, -0.1) is 10.2 Å². The van der Waals surface area contributed by atoms with Crippen molar-refractivity contribution >= 4 is 17.5 Å². The van der Waals surface area contributed by atoms with E-state index >= 15 is 0 Å². The first-order chi connectivity index (χ1) is 10.1. The fraction of sp³-hybridized carbons (Fsp3) is 0.357. The van der Waals surface area contributed by atoms with E-state index in [1.54, 1.807) is 17.0 Å². The lowest BCUT2D eigenvalue weighted by Gasteiger charge is -2.31. The van der Waals surface area contributed by atoms with Gasteiger partial charge >= 0.3 is 11.8 Å². The van der Waals surface area contributed by atoms with Crippen molar-refractivity contribution in [2.24, 2.45) is 0 Å². The quantitative estimate of drug-likeness (QED) is 0.846. The lowest BCUT2D eigenvalue weighted by Crippen LogP contribution is -2.47. The third kappa shape index (κ3) is 2.91. The van der Waals surface area contributed by atoms with E-state index in [0.29, 0.717) is 23.7 Å². The van der Waals surface area contributed by atoms with Crippen LogP contribution in [0.1, 0.15) is 10.7 Å². The molecule has 110 valence electrons. The van der Waals surface area contributed by atoms with E-state index < -0.39 is 0 Å². The second-order valence-corrected chi connectivity index (χ2v) is 5.39. The second-order valence-electron chi connectivity index (χ2n) is 4.99. The number of hydrogen-bond donors (Lipinski definition) is 0. The zero-order valence-corrected chi connectivity index (χ0v) is 12.4. The van der Waals surface area contributed by atoms with Crippen LogP contribution in [0.4, 0.5) is 0 Å². The summed E-state index contributed by atoms with van der Waals surface area (Å²) in [7, 11) is 2.03. The van der Waals surface area contributed by atoms with Crippen molar-refractivity contribution in [3.8, 4) is 11.5 Å². The number of rotatable bonds is 2. The van der Waals surface area contributed by atoms with E-state index in [9.17, 15) is 4.79 Å². The largest absolute Gasteiger partial charge is 0.412 e. The molecule has 1 aromatic heterocycles. The molecule has 0 radical (unpaired) electrons. The minimum absolute atomic E-state index is 0.00877. The number of aromatic nitrogens is 2. The highest BCUT2D eigenvalue weighted by Crippen LogP contribution is 2.26. The molecule has 0 saturated carbocycles. The molecule has 1 aromatic carbocycles. The first kappa shape index (κ1) is 14.0. The SMILES string of the molecule is CN1CCN(C(=O)c2nnc(-c3ccccc3Cl)o2)CC1. The first-order valence-corrected chi connectivity index (χ1v) is 7.09. The van der Waals surface area contributed by atoms with Gasteiger partial charge in [-0.05, 0) is 19.2 Å². The topological polar surface area (TPSA) is 62.5 Å². The molecular weight excluding hydrogens is 292 g/mol. The highest BCUT2D eigenvalue weighted by atomic mass is 35.5. The Morgan fingerprint density at radius 3 is 2.62 bits per heavy atom. The van der Waals surface area contributed by atoms with Crippen molar-refractivity contribution in [1.82, 2.24) is 20.0 Å². The van der Waals surface area contributed by atoms with Gasteiger partial charge in [0.2, 0.25) is 5.89 Å². The average molecular weight is 307 g/mol.